The second-order valence-electron chi connectivity index (χ2n) is 6.11. The molecule has 0 aliphatic carbocycles. The molecule has 0 aliphatic heterocycles. The van der Waals surface area contributed by atoms with E-state index < -0.39 is 24.0 Å². The maximum atomic E-state index is 13.6. The van der Waals surface area contributed by atoms with Gasteiger partial charge in [-0.05, 0) is 54.6 Å². The summed E-state index contributed by atoms with van der Waals surface area (Å²) in [5, 5.41) is 0. The molecule has 0 saturated carbocycles. The van der Waals surface area contributed by atoms with Crippen LogP contribution in [0.4, 0.5) is 17.6 Å². The zero-order valence-electron chi connectivity index (χ0n) is 16.1. The van der Waals surface area contributed by atoms with Crippen molar-refractivity contribution in [3.63, 3.8) is 0 Å². The van der Waals surface area contributed by atoms with E-state index in [0.29, 0.717) is 17.6 Å². The van der Waals surface area contributed by atoms with Gasteiger partial charge in [0.15, 0.2) is 28.8 Å². The van der Waals surface area contributed by atoms with E-state index in [0.717, 1.165) is 6.07 Å². The first-order chi connectivity index (χ1) is 14.9. The van der Waals surface area contributed by atoms with Gasteiger partial charge in [0.05, 0.1) is 7.11 Å². The molecule has 0 bridgehead atoms. The minimum absolute atomic E-state index is 0.00925. The van der Waals surface area contributed by atoms with Crippen molar-refractivity contribution in [2.75, 3.05) is 7.11 Å². The van der Waals surface area contributed by atoms with Gasteiger partial charge in [-0.15, -0.1) is 0 Å². The molecule has 2 aromatic carbocycles. The molecule has 1 aromatic heterocycles. The summed E-state index contributed by atoms with van der Waals surface area (Å²) in [4.78, 5) is 12.3. The van der Waals surface area contributed by atoms with Crippen molar-refractivity contribution in [3.8, 4) is 17.2 Å². The molecule has 162 valence electrons. The molecule has 0 radical (unpaired) electrons. The number of rotatable bonds is 9. The van der Waals surface area contributed by atoms with Crippen molar-refractivity contribution in [1.29, 1.82) is 0 Å². The van der Waals surface area contributed by atoms with Gasteiger partial charge in [-0.2, -0.15) is 8.78 Å². The second kappa shape index (κ2) is 9.84. The maximum absolute atomic E-state index is 13.6. The topological polar surface area (TPSA) is 57.9 Å². The van der Waals surface area contributed by atoms with Crippen LogP contribution in [0, 0.1) is 11.6 Å². The van der Waals surface area contributed by atoms with Gasteiger partial charge in [-0.25, -0.2) is 8.78 Å². The van der Waals surface area contributed by atoms with Crippen molar-refractivity contribution in [2.24, 2.45) is 0 Å². The fraction of sp³-hybridized carbons (Fsp3) is 0.136. The average Bonchev–Trinajstić information content (AvgIpc) is 3.19. The molecule has 0 spiro atoms. The normalized spacial score (nSPS) is 11.2. The van der Waals surface area contributed by atoms with E-state index in [1.54, 1.807) is 12.1 Å². The maximum Gasteiger partial charge on any atom is 0.387 e. The van der Waals surface area contributed by atoms with Crippen molar-refractivity contribution < 1.29 is 41.0 Å². The van der Waals surface area contributed by atoms with Crippen LogP contribution in [-0.2, 0) is 6.61 Å². The summed E-state index contributed by atoms with van der Waals surface area (Å²) in [6.45, 7) is -3.13. The number of hydrogen-bond donors (Lipinski definition) is 0. The van der Waals surface area contributed by atoms with Crippen LogP contribution in [0.3, 0.4) is 0 Å². The Kier molecular flexibility index (Phi) is 6.96. The number of benzene rings is 2. The number of hydrogen-bond acceptors (Lipinski definition) is 5. The highest BCUT2D eigenvalue weighted by Gasteiger charge is 2.13. The number of carbonyl (C=O) groups is 1. The summed E-state index contributed by atoms with van der Waals surface area (Å²) < 4.78 is 71.2. The molecule has 3 rings (SSSR count). The second-order valence-corrected chi connectivity index (χ2v) is 6.11. The standard InChI is InChI=1S/C22H16F4O5/c1-28-21-10-13(2-8-20(21)31-22(25)26)18(27)7-6-15-4-5-16(30-15)12-29-19-9-3-14(23)11-17(19)24/h2-11,22H,12H2,1H3/b7-6+. The summed E-state index contributed by atoms with van der Waals surface area (Å²) in [6, 6.07) is 9.91. The Morgan fingerprint density at radius 3 is 2.52 bits per heavy atom. The lowest BCUT2D eigenvalue weighted by molar-refractivity contribution is -0.0512. The van der Waals surface area contributed by atoms with Crippen LogP contribution in [0.5, 0.6) is 17.2 Å². The minimum atomic E-state index is -3.02. The number of carbonyl (C=O) groups excluding carboxylic acids is 1. The van der Waals surface area contributed by atoms with Crippen LogP contribution in [0.15, 0.2) is 59.0 Å². The molecule has 0 N–H and O–H groups in total. The fourth-order valence-corrected chi connectivity index (χ4v) is 2.57. The number of furan rings is 1. The molecule has 0 fully saturated rings. The lowest BCUT2D eigenvalue weighted by atomic mass is 10.1. The summed E-state index contributed by atoms with van der Waals surface area (Å²) in [6.07, 6.45) is 2.63. The van der Waals surface area contributed by atoms with Gasteiger partial charge in [0, 0.05) is 11.6 Å². The van der Waals surface area contributed by atoms with Gasteiger partial charge < -0.3 is 18.6 Å². The molecule has 0 aliphatic rings. The highest BCUT2D eigenvalue weighted by Crippen LogP contribution is 2.29. The Morgan fingerprint density at radius 1 is 1.03 bits per heavy atom. The Balaban J connectivity index is 1.63. The molecule has 5 nitrogen and oxygen atoms in total. The van der Waals surface area contributed by atoms with E-state index in [2.05, 4.69) is 4.74 Å². The van der Waals surface area contributed by atoms with Crippen molar-refractivity contribution in [1.82, 2.24) is 0 Å². The molecule has 0 saturated heterocycles. The number of ether oxygens (including phenoxy) is 3. The predicted molar refractivity (Wildman–Crippen MR) is 102 cm³/mol. The number of alkyl halides is 2. The van der Waals surface area contributed by atoms with Gasteiger partial charge in [-0.3, -0.25) is 4.79 Å². The Labute approximate surface area is 174 Å². The first-order valence-corrected chi connectivity index (χ1v) is 8.87. The van der Waals surface area contributed by atoms with Gasteiger partial charge in [0.2, 0.25) is 0 Å². The summed E-state index contributed by atoms with van der Waals surface area (Å²) >= 11 is 0. The Bertz CT molecular complexity index is 1090. The zero-order chi connectivity index (χ0) is 22.4. The van der Waals surface area contributed by atoms with Crippen LogP contribution < -0.4 is 14.2 Å². The van der Waals surface area contributed by atoms with Gasteiger partial charge >= 0.3 is 6.61 Å². The van der Waals surface area contributed by atoms with Crippen molar-refractivity contribution in [3.05, 3.63) is 83.3 Å². The van der Waals surface area contributed by atoms with E-state index in [9.17, 15) is 22.4 Å². The quantitative estimate of drug-likeness (QED) is 0.247. The van der Waals surface area contributed by atoms with Crippen LogP contribution in [0.25, 0.3) is 6.08 Å². The van der Waals surface area contributed by atoms with Gasteiger partial charge in [-0.1, -0.05) is 0 Å². The molecule has 0 atom stereocenters. The van der Waals surface area contributed by atoms with E-state index in [1.807, 2.05) is 0 Å². The molecule has 1 heterocycles. The molecule has 3 aromatic rings. The monoisotopic (exact) mass is 436 g/mol. The number of methoxy groups -OCH3 is 1. The first-order valence-electron chi connectivity index (χ1n) is 8.87. The summed E-state index contributed by atoms with van der Waals surface area (Å²) in [7, 11) is 1.27. The largest absolute Gasteiger partial charge is 0.493 e. The highest BCUT2D eigenvalue weighted by molar-refractivity contribution is 6.07. The van der Waals surface area contributed by atoms with E-state index in [4.69, 9.17) is 13.9 Å². The molecule has 31 heavy (non-hydrogen) atoms. The van der Waals surface area contributed by atoms with E-state index in [1.165, 1.54) is 43.5 Å². The number of ketones is 1. The van der Waals surface area contributed by atoms with Crippen LogP contribution in [0.1, 0.15) is 21.9 Å². The number of allylic oxidation sites excluding steroid dienone is 1. The first kappa shape index (κ1) is 21.9. The van der Waals surface area contributed by atoms with Crippen molar-refractivity contribution in [2.45, 2.75) is 13.2 Å². The lowest BCUT2D eigenvalue weighted by Crippen LogP contribution is -2.04. The van der Waals surface area contributed by atoms with Crippen molar-refractivity contribution >= 4 is 11.9 Å². The minimum Gasteiger partial charge on any atom is -0.493 e. The number of halogens is 4. The third kappa shape index (κ3) is 5.88. The lowest BCUT2D eigenvalue weighted by Gasteiger charge is -2.10. The summed E-state index contributed by atoms with van der Waals surface area (Å²) in [5.41, 5.74) is 0.191. The average molecular weight is 436 g/mol. The van der Waals surface area contributed by atoms with Gasteiger partial charge in [0.1, 0.15) is 23.9 Å². The van der Waals surface area contributed by atoms with Crippen LogP contribution in [-0.4, -0.2) is 19.5 Å². The highest BCUT2D eigenvalue weighted by atomic mass is 19.3. The molecule has 0 unspecified atom stereocenters. The van der Waals surface area contributed by atoms with Crippen LogP contribution >= 0.6 is 0 Å². The Morgan fingerprint density at radius 2 is 1.81 bits per heavy atom. The SMILES string of the molecule is COc1cc(C(=O)/C=C/c2ccc(COc3ccc(F)cc3F)o2)ccc1OC(F)F. The third-order valence-electron chi connectivity index (χ3n) is 4.01. The molecular weight excluding hydrogens is 420 g/mol. The predicted octanol–water partition coefficient (Wildman–Crippen LogP) is 5.64. The smallest absolute Gasteiger partial charge is 0.387 e. The third-order valence-corrected chi connectivity index (χ3v) is 4.01. The van der Waals surface area contributed by atoms with Crippen LogP contribution in [0.2, 0.25) is 0 Å². The van der Waals surface area contributed by atoms with Gasteiger partial charge in [0.25, 0.3) is 0 Å². The molecule has 9 heteroatoms. The molecular formula is C22H16F4O5. The summed E-state index contributed by atoms with van der Waals surface area (Å²) in [5.74, 6) is -1.62. The zero-order valence-corrected chi connectivity index (χ0v) is 16.1. The molecule has 0 amide bonds. The van der Waals surface area contributed by atoms with E-state index in [-0.39, 0.29) is 29.4 Å². The van der Waals surface area contributed by atoms with E-state index >= 15 is 0 Å². The Hall–Kier alpha value is -3.75. The fourth-order valence-electron chi connectivity index (χ4n) is 2.57.